The summed E-state index contributed by atoms with van der Waals surface area (Å²) < 4.78 is 18.5. The molecule has 0 radical (unpaired) electrons. The lowest BCUT2D eigenvalue weighted by Gasteiger charge is -2.13. The fourth-order valence-electron chi connectivity index (χ4n) is 3.26. The first-order chi connectivity index (χ1) is 14.7. The third-order valence-corrected chi connectivity index (χ3v) is 6.77. The molecule has 4 aromatic rings. The monoisotopic (exact) mass is 438 g/mol. The Morgan fingerprint density at radius 2 is 1.90 bits per heavy atom. The summed E-state index contributed by atoms with van der Waals surface area (Å²) in [6.45, 7) is 0.645. The summed E-state index contributed by atoms with van der Waals surface area (Å²) in [5.41, 5.74) is 2.81. The Bertz CT molecular complexity index is 1260. The van der Waals surface area contributed by atoms with Gasteiger partial charge in [0.2, 0.25) is 6.79 Å². The van der Waals surface area contributed by atoms with Gasteiger partial charge in [0, 0.05) is 5.75 Å². The summed E-state index contributed by atoms with van der Waals surface area (Å²) >= 11 is 2.97. The highest BCUT2D eigenvalue weighted by Gasteiger charge is 2.17. The lowest BCUT2D eigenvalue weighted by molar-refractivity contribution is 0.174. The molecule has 6 nitrogen and oxygen atoms in total. The molecule has 2 aromatic carbocycles. The number of ether oxygens (including phenoxy) is 3. The van der Waals surface area contributed by atoms with E-state index in [0.29, 0.717) is 27.9 Å². The highest BCUT2D eigenvalue weighted by Crippen LogP contribution is 2.33. The van der Waals surface area contributed by atoms with Crippen LogP contribution in [-0.4, -0.2) is 23.5 Å². The Morgan fingerprint density at radius 1 is 1.10 bits per heavy atom. The van der Waals surface area contributed by atoms with Gasteiger partial charge in [0.1, 0.15) is 10.4 Å². The van der Waals surface area contributed by atoms with Crippen molar-refractivity contribution in [1.82, 2.24) is 9.55 Å². The van der Waals surface area contributed by atoms with Crippen molar-refractivity contribution >= 4 is 33.3 Å². The zero-order valence-electron chi connectivity index (χ0n) is 16.2. The van der Waals surface area contributed by atoms with E-state index in [0.717, 1.165) is 28.1 Å². The lowest BCUT2D eigenvalue weighted by Crippen LogP contribution is -2.23. The van der Waals surface area contributed by atoms with E-state index < -0.39 is 0 Å². The van der Waals surface area contributed by atoms with Crippen molar-refractivity contribution in [3.05, 3.63) is 75.4 Å². The Kier molecular flexibility index (Phi) is 5.10. The molecule has 0 amide bonds. The summed E-state index contributed by atoms with van der Waals surface area (Å²) in [6, 6.07) is 15.6. The first-order valence-electron chi connectivity index (χ1n) is 9.33. The number of methoxy groups -OCH3 is 1. The third-order valence-electron chi connectivity index (χ3n) is 4.84. The van der Waals surface area contributed by atoms with Gasteiger partial charge in [-0.15, -0.1) is 11.3 Å². The first-order valence-corrected chi connectivity index (χ1v) is 11.2. The highest BCUT2D eigenvalue weighted by atomic mass is 32.2. The van der Waals surface area contributed by atoms with Crippen LogP contribution in [0.2, 0.25) is 0 Å². The second-order valence-electron chi connectivity index (χ2n) is 6.75. The predicted octanol–water partition coefficient (Wildman–Crippen LogP) is 4.54. The number of fused-ring (bicyclic) bond motifs is 2. The molecule has 0 saturated carbocycles. The van der Waals surface area contributed by atoms with Gasteiger partial charge in [-0.2, -0.15) is 0 Å². The number of nitrogens with zero attached hydrogens (tertiary/aromatic N) is 2. The molecule has 0 bridgehead atoms. The van der Waals surface area contributed by atoms with Crippen LogP contribution in [0.5, 0.6) is 17.2 Å². The maximum absolute atomic E-state index is 13.2. The van der Waals surface area contributed by atoms with Gasteiger partial charge in [-0.25, -0.2) is 4.98 Å². The molecule has 0 fully saturated rings. The van der Waals surface area contributed by atoms with Gasteiger partial charge in [-0.1, -0.05) is 30.0 Å². The molecule has 0 saturated heterocycles. The van der Waals surface area contributed by atoms with Crippen molar-refractivity contribution < 1.29 is 14.2 Å². The molecule has 5 rings (SSSR count). The van der Waals surface area contributed by atoms with E-state index in [9.17, 15) is 4.79 Å². The Hall–Kier alpha value is -2.97. The highest BCUT2D eigenvalue weighted by molar-refractivity contribution is 7.98. The van der Waals surface area contributed by atoms with Crippen molar-refractivity contribution in [2.24, 2.45) is 0 Å². The van der Waals surface area contributed by atoms with E-state index in [2.05, 4.69) is 0 Å². The average molecular weight is 439 g/mol. The van der Waals surface area contributed by atoms with E-state index in [1.807, 2.05) is 53.9 Å². The van der Waals surface area contributed by atoms with Crippen molar-refractivity contribution in [2.45, 2.75) is 17.5 Å². The molecule has 0 aliphatic carbocycles. The molecule has 0 spiro atoms. The van der Waals surface area contributed by atoms with E-state index in [-0.39, 0.29) is 12.4 Å². The van der Waals surface area contributed by atoms with Gasteiger partial charge in [0.15, 0.2) is 16.7 Å². The number of thiophene rings is 1. The van der Waals surface area contributed by atoms with Crippen LogP contribution in [0.4, 0.5) is 0 Å². The first kappa shape index (κ1) is 19.0. The topological polar surface area (TPSA) is 62.6 Å². The van der Waals surface area contributed by atoms with Crippen LogP contribution in [0, 0.1) is 0 Å². The van der Waals surface area contributed by atoms with Crippen LogP contribution in [-0.2, 0) is 12.3 Å². The van der Waals surface area contributed by atoms with Gasteiger partial charge >= 0.3 is 0 Å². The maximum Gasteiger partial charge on any atom is 0.272 e. The number of rotatable bonds is 6. The largest absolute Gasteiger partial charge is 0.497 e. The zero-order chi connectivity index (χ0) is 20.5. The fraction of sp³-hybridized carbons (Fsp3) is 0.182. The Balaban J connectivity index is 1.47. The minimum atomic E-state index is -0.0232. The maximum atomic E-state index is 13.2. The van der Waals surface area contributed by atoms with Crippen LogP contribution in [0.3, 0.4) is 0 Å². The Labute approximate surface area is 181 Å². The lowest BCUT2D eigenvalue weighted by atomic mass is 10.2. The zero-order valence-corrected chi connectivity index (χ0v) is 17.8. The molecule has 2 aromatic heterocycles. The van der Waals surface area contributed by atoms with Crippen LogP contribution in [0.1, 0.15) is 11.1 Å². The molecule has 0 N–H and O–H groups in total. The van der Waals surface area contributed by atoms with Crippen LogP contribution < -0.4 is 19.8 Å². The summed E-state index contributed by atoms with van der Waals surface area (Å²) in [5.74, 6) is 2.96. The minimum absolute atomic E-state index is 0.0232. The van der Waals surface area contributed by atoms with E-state index >= 15 is 0 Å². The molecule has 3 heterocycles. The molecule has 0 atom stereocenters. The molecule has 8 heteroatoms. The van der Waals surface area contributed by atoms with Crippen molar-refractivity contribution in [2.75, 3.05) is 13.9 Å². The quantitative estimate of drug-likeness (QED) is 0.325. The molecule has 1 aliphatic heterocycles. The van der Waals surface area contributed by atoms with Crippen molar-refractivity contribution in [3.63, 3.8) is 0 Å². The van der Waals surface area contributed by atoms with E-state index in [1.165, 1.54) is 11.3 Å². The molecule has 0 unspecified atom stereocenters. The number of aromatic nitrogens is 2. The fourth-order valence-corrected chi connectivity index (χ4v) is 5.00. The molecule has 30 heavy (non-hydrogen) atoms. The molecular weight excluding hydrogens is 420 g/mol. The van der Waals surface area contributed by atoms with Gasteiger partial charge in [0.25, 0.3) is 5.56 Å². The van der Waals surface area contributed by atoms with Crippen molar-refractivity contribution in [3.8, 4) is 17.2 Å². The van der Waals surface area contributed by atoms with Gasteiger partial charge < -0.3 is 14.2 Å². The normalized spacial score (nSPS) is 12.4. The Morgan fingerprint density at radius 3 is 2.73 bits per heavy atom. The smallest absolute Gasteiger partial charge is 0.272 e. The summed E-state index contributed by atoms with van der Waals surface area (Å²) in [6.07, 6.45) is 0. The van der Waals surface area contributed by atoms with Crippen LogP contribution in [0.15, 0.2) is 63.9 Å². The molecule has 1 aliphatic rings. The van der Waals surface area contributed by atoms with Gasteiger partial charge in [-0.05, 0) is 46.8 Å². The van der Waals surface area contributed by atoms with Gasteiger partial charge in [-0.3, -0.25) is 9.36 Å². The van der Waals surface area contributed by atoms with E-state index in [4.69, 9.17) is 19.2 Å². The average Bonchev–Trinajstić information content (AvgIpc) is 3.44. The second-order valence-corrected chi connectivity index (χ2v) is 8.60. The van der Waals surface area contributed by atoms with Crippen LogP contribution in [0.25, 0.3) is 10.2 Å². The minimum Gasteiger partial charge on any atom is -0.497 e. The summed E-state index contributed by atoms with van der Waals surface area (Å²) in [4.78, 5) is 18.0. The molecular formula is C22H18N2O4S2. The third kappa shape index (κ3) is 3.64. The van der Waals surface area contributed by atoms with Crippen molar-refractivity contribution in [1.29, 1.82) is 0 Å². The SMILES string of the molecule is COc1ccc(CSc2nc3ccsc3c(=O)n2Cc2ccc3c(c2)OCO3)cc1. The van der Waals surface area contributed by atoms with Gasteiger partial charge in [0.05, 0.1) is 19.2 Å². The second kappa shape index (κ2) is 8.04. The standard InChI is InChI=1S/C22H18N2O4S2/c1-26-16-5-2-14(3-6-16)12-30-22-23-17-8-9-29-20(17)21(25)24(22)11-15-4-7-18-19(10-15)28-13-27-18/h2-10H,11-13H2,1H3. The summed E-state index contributed by atoms with van der Waals surface area (Å²) in [7, 11) is 1.65. The number of thioether (sulfide) groups is 1. The molecule has 152 valence electrons. The number of benzene rings is 2. The number of hydrogen-bond acceptors (Lipinski definition) is 7. The summed E-state index contributed by atoms with van der Waals surface area (Å²) in [5, 5.41) is 2.60. The van der Waals surface area contributed by atoms with E-state index in [1.54, 1.807) is 23.4 Å². The van der Waals surface area contributed by atoms with Crippen LogP contribution >= 0.6 is 23.1 Å². The number of hydrogen-bond donors (Lipinski definition) is 0. The predicted molar refractivity (Wildman–Crippen MR) is 118 cm³/mol.